The smallest absolute Gasteiger partial charge is 0.170 e. The zero-order valence-corrected chi connectivity index (χ0v) is 17.9. The molecule has 30 heavy (non-hydrogen) atoms. The molecule has 5 nitrogen and oxygen atoms in total. The molecule has 1 saturated carbocycles. The second-order valence-electron chi connectivity index (χ2n) is 7.95. The van der Waals surface area contributed by atoms with Crippen LogP contribution in [0.25, 0.3) is 5.69 Å². The van der Waals surface area contributed by atoms with Crippen LogP contribution in [0.4, 0.5) is 0 Å². The van der Waals surface area contributed by atoms with Crippen LogP contribution in [0.5, 0.6) is 5.75 Å². The number of aromatic nitrogens is 2. The number of benzene rings is 1. The fourth-order valence-corrected chi connectivity index (χ4v) is 5.33. The largest absolute Gasteiger partial charge is 0.495 e. The summed E-state index contributed by atoms with van der Waals surface area (Å²) in [6.07, 6.45) is 8.85. The van der Waals surface area contributed by atoms with E-state index < -0.39 is 0 Å². The van der Waals surface area contributed by atoms with Crippen LogP contribution in [-0.2, 0) is 0 Å². The Morgan fingerprint density at radius 2 is 1.83 bits per heavy atom. The van der Waals surface area contributed by atoms with Gasteiger partial charge in [0.25, 0.3) is 0 Å². The van der Waals surface area contributed by atoms with Crippen LogP contribution >= 0.6 is 12.2 Å². The van der Waals surface area contributed by atoms with Gasteiger partial charge in [-0.3, -0.25) is 4.98 Å². The predicted molar refractivity (Wildman–Crippen MR) is 122 cm³/mol. The van der Waals surface area contributed by atoms with Crippen molar-refractivity contribution < 1.29 is 4.74 Å². The number of hydrogen-bond acceptors (Lipinski definition) is 3. The van der Waals surface area contributed by atoms with Crippen molar-refractivity contribution in [3.05, 3.63) is 78.4 Å². The van der Waals surface area contributed by atoms with E-state index in [1.165, 1.54) is 31.4 Å². The number of methoxy groups -OCH3 is 1. The lowest BCUT2D eigenvalue weighted by molar-refractivity contribution is 0.239. The highest BCUT2D eigenvalue weighted by Gasteiger charge is 2.44. The Morgan fingerprint density at radius 3 is 2.60 bits per heavy atom. The molecule has 0 unspecified atom stereocenters. The molecule has 2 atom stereocenters. The molecule has 2 fully saturated rings. The number of ether oxygens (including phenoxy) is 1. The van der Waals surface area contributed by atoms with Gasteiger partial charge in [0, 0.05) is 24.1 Å². The van der Waals surface area contributed by atoms with Gasteiger partial charge >= 0.3 is 0 Å². The van der Waals surface area contributed by atoms with Gasteiger partial charge < -0.3 is 19.5 Å². The fourth-order valence-electron chi connectivity index (χ4n) is 4.94. The molecular weight excluding hydrogens is 392 g/mol. The summed E-state index contributed by atoms with van der Waals surface area (Å²) >= 11 is 5.87. The van der Waals surface area contributed by atoms with Gasteiger partial charge in [-0.15, -0.1) is 0 Å². The summed E-state index contributed by atoms with van der Waals surface area (Å²) in [4.78, 5) is 7.10. The summed E-state index contributed by atoms with van der Waals surface area (Å²) in [6.45, 7) is 0. The van der Waals surface area contributed by atoms with Crippen LogP contribution in [-0.4, -0.2) is 32.7 Å². The molecular formula is C24H26N4OS. The number of pyridine rings is 1. The lowest BCUT2D eigenvalue weighted by Gasteiger charge is -2.33. The van der Waals surface area contributed by atoms with E-state index in [1.54, 1.807) is 7.11 Å². The van der Waals surface area contributed by atoms with Crippen molar-refractivity contribution in [2.75, 3.05) is 7.11 Å². The molecule has 1 aliphatic carbocycles. The third kappa shape index (κ3) is 3.25. The van der Waals surface area contributed by atoms with Crippen LogP contribution in [0.15, 0.2) is 67.0 Å². The van der Waals surface area contributed by atoms with Gasteiger partial charge in [-0.2, -0.15) is 0 Å². The van der Waals surface area contributed by atoms with Gasteiger partial charge in [0.2, 0.25) is 0 Å². The predicted octanol–water partition coefficient (Wildman–Crippen LogP) is 4.80. The van der Waals surface area contributed by atoms with Crippen molar-refractivity contribution >= 4 is 17.3 Å². The minimum absolute atomic E-state index is 0.00246. The van der Waals surface area contributed by atoms with E-state index in [1.807, 2.05) is 36.5 Å². The minimum atomic E-state index is 0.00246. The van der Waals surface area contributed by atoms with Gasteiger partial charge in [0.05, 0.1) is 30.6 Å². The molecule has 0 radical (unpaired) electrons. The average molecular weight is 419 g/mol. The van der Waals surface area contributed by atoms with Crippen molar-refractivity contribution in [1.82, 2.24) is 19.8 Å². The van der Waals surface area contributed by atoms with E-state index in [-0.39, 0.29) is 12.1 Å². The number of nitrogens with zero attached hydrogens (tertiary/aromatic N) is 3. The lowest BCUT2D eigenvalue weighted by Crippen LogP contribution is -2.38. The summed E-state index contributed by atoms with van der Waals surface area (Å²) in [5.41, 5.74) is 3.23. The third-order valence-corrected chi connectivity index (χ3v) is 6.61. The highest BCUT2D eigenvalue weighted by Crippen LogP contribution is 2.43. The van der Waals surface area contributed by atoms with Crippen molar-refractivity contribution in [1.29, 1.82) is 0 Å². The zero-order valence-electron chi connectivity index (χ0n) is 17.1. The first-order valence-corrected chi connectivity index (χ1v) is 11.0. The second-order valence-corrected chi connectivity index (χ2v) is 8.33. The molecule has 1 saturated heterocycles. The number of nitrogens with one attached hydrogen (secondary N) is 1. The molecule has 0 spiro atoms. The van der Waals surface area contributed by atoms with Crippen LogP contribution in [0.2, 0.25) is 0 Å². The molecule has 1 N–H and O–H groups in total. The Labute approximate surface area is 182 Å². The van der Waals surface area contributed by atoms with Crippen molar-refractivity contribution in [3.63, 3.8) is 0 Å². The Balaban J connectivity index is 1.64. The highest BCUT2D eigenvalue weighted by atomic mass is 32.1. The van der Waals surface area contributed by atoms with Gasteiger partial charge in [0.15, 0.2) is 5.11 Å². The van der Waals surface area contributed by atoms with Crippen molar-refractivity contribution in [2.24, 2.45) is 0 Å². The van der Waals surface area contributed by atoms with Crippen LogP contribution in [0.3, 0.4) is 0 Å². The van der Waals surface area contributed by atoms with Gasteiger partial charge in [-0.05, 0) is 61.5 Å². The van der Waals surface area contributed by atoms with E-state index in [0.717, 1.165) is 22.2 Å². The molecule has 2 aromatic heterocycles. The molecule has 5 rings (SSSR count). The summed E-state index contributed by atoms with van der Waals surface area (Å²) in [7, 11) is 1.72. The molecule has 1 aliphatic heterocycles. The quantitative estimate of drug-likeness (QED) is 0.603. The Hall–Kier alpha value is -2.86. The number of rotatable bonds is 5. The van der Waals surface area contributed by atoms with Gasteiger partial charge in [0.1, 0.15) is 5.75 Å². The maximum atomic E-state index is 5.87. The van der Waals surface area contributed by atoms with E-state index >= 15 is 0 Å². The lowest BCUT2D eigenvalue weighted by atomic mass is 9.99. The van der Waals surface area contributed by atoms with Crippen molar-refractivity contribution in [3.8, 4) is 11.4 Å². The Bertz CT molecular complexity index is 1030. The number of para-hydroxylation sites is 2. The Morgan fingerprint density at radius 1 is 1.03 bits per heavy atom. The molecule has 3 aromatic rings. The number of hydrogen-bond donors (Lipinski definition) is 1. The fraction of sp³-hybridized carbons (Fsp3) is 0.333. The molecule has 0 bridgehead atoms. The van der Waals surface area contributed by atoms with E-state index in [4.69, 9.17) is 17.0 Å². The van der Waals surface area contributed by atoms with Crippen LogP contribution in [0, 0.1) is 0 Å². The van der Waals surface area contributed by atoms with Gasteiger partial charge in [-0.1, -0.05) is 31.0 Å². The molecule has 0 amide bonds. The molecule has 3 heterocycles. The first-order valence-electron chi connectivity index (χ1n) is 10.6. The zero-order chi connectivity index (χ0) is 20.5. The standard InChI is InChI=1S/C24H26N4OS/c1-29-21-14-5-4-12-19(21)27-16-8-13-20(27)23-22(18-11-6-7-15-25-18)26-24(30)28(23)17-9-2-3-10-17/h4-8,11-17,22-23H,2-3,9-10H2,1H3,(H,26,30)/t22-,23+/m1/s1. The number of thiocarbonyl (C=S) groups is 1. The highest BCUT2D eigenvalue weighted by molar-refractivity contribution is 7.80. The average Bonchev–Trinajstić information content (AvgIpc) is 3.53. The molecule has 2 aliphatic rings. The maximum Gasteiger partial charge on any atom is 0.170 e. The van der Waals surface area contributed by atoms with E-state index in [2.05, 4.69) is 50.2 Å². The molecule has 1 aromatic carbocycles. The SMILES string of the molecule is COc1ccccc1-n1cccc1[C@H]1[C@@H](c2ccccn2)NC(=S)N1C1CCCC1. The third-order valence-electron chi connectivity index (χ3n) is 6.28. The normalized spacial score (nSPS) is 21.8. The summed E-state index contributed by atoms with van der Waals surface area (Å²) < 4.78 is 7.89. The maximum absolute atomic E-state index is 5.87. The first-order chi connectivity index (χ1) is 14.8. The molecule has 154 valence electrons. The monoisotopic (exact) mass is 418 g/mol. The van der Waals surface area contributed by atoms with Crippen LogP contribution in [0.1, 0.15) is 49.2 Å². The van der Waals surface area contributed by atoms with Gasteiger partial charge in [-0.25, -0.2) is 0 Å². The summed E-state index contributed by atoms with van der Waals surface area (Å²) in [5, 5.41) is 4.42. The van der Waals surface area contributed by atoms with E-state index in [0.29, 0.717) is 6.04 Å². The Kier molecular flexibility index (Phi) is 5.17. The summed E-state index contributed by atoms with van der Waals surface area (Å²) in [6, 6.07) is 19.1. The van der Waals surface area contributed by atoms with Crippen molar-refractivity contribution in [2.45, 2.75) is 43.8 Å². The minimum Gasteiger partial charge on any atom is -0.495 e. The topological polar surface area (TPSA) is 42.3 Å². The first kappa shape index (κ1) is 19.1. The van der Waals surface area contributed by atoms with Crippen LogP contribution < -0.4 is 10.1 Å². The van der Waals surface area contributed by atoms with E-state index in [9.17, 15) is 0 Å². The molecule has 6 heteroatoms. The summed E-state index contributed by atoms with van der Waals surface area (Å²) in [5.74, 6) is 0.852. The second kappa shape index (κ2) is 8.11.